The van der Waals surface area contributed by atoms with Crippen LogP contribution in [-0.4, -0.2) is 73.1 Å². The highest BCUT2D eigenvalue weighted by atomic mass is 19.4. The molecular weight excluding hydrogens is 373 g/mol. The van der Waals surface area contributed by atoms with Crippen LogP contribution in [0.15, 0.2) is 30.3 Å². The molecular formula is C19H25F3N4O2. The second-order valence-electron chi connectivity index (χ2n) is 7.25. The summed E-state index contributed by atoms with van der Waals surface area (Å²) in [4.78, 5) is 27.5. The standard InChI is InChI=1S/C19H25F3N4O2/c20-19(21,22)16(25-8-6-23-7-9-25)11-24-18(28)15-10-17(27)26(13-15)12-14-4-2-1-3-5-14/h1-5,15-16,23H,6-13H2,(H,24,28). The van der Waals surface area contributed by atoms with Gasteiger partial charge in [0.2, 0.25) is 11.8 Å². The molecule has 0 aliphatic carbocycles. The minimum Gasteiger partial charge on any atom is -0.354 e. The Kier molecular flexibility index (Phi) is 6.56. The number of piperazine rings is 1. The van der Waals surface area contributed by atoms with Gasteiger partial charge in [-0.15, -0.1) is 0 Å². The molecule has 0 spiro atoms. The summed E-state index contributed by atoms with van der Waals surface area (Å²) in [6.45, 7) is 1.68. The molecule has 9 heteroatoms. The van der Waals surface area contributed by atoms with Crippen LogP contribution in [0.1, 0.15) is 12.0 Å². The zero-order valence-electron chi connectivity index (χ0n) is 15.5. The lowest BCUT2D eigenvalue weighted by molar-refractivity contribution is -0.184. The molecule has 2 amide bonds. The molecule has 3 rings (SSSR count). The van der Waals surface area contributed by atoms with Gasteiger partial charge in [0.05, 0.1) is 5.92 Å². The SMILES string of the molecule is O=C(NCC(N1CCNCC1)C(F)(F)F)C1CC(=O)N(Cc2ccccc2)C1. The minimum absolute atomic E-state index is 0.0307. The Morgan fingerprint density at radius 3 is 2.54 bits per heavy atom. The third-order valence-electron chi connectivity index (χ3n) is 5.24. The van der Waals surface area contributed by atoms with Crippen molar-refractivity contribution in [2.75, 3.05) is 39.3 Å². The topological polar surface area (TPSA) is 64.7 Å². The molecule has 2 aliphatic rings. The Labute approximate surface area is 162 Å². The predicted molar refractivity (Wildman–Crippen MR) is 97.3 cm³/mol. The summed E-state index contributed by atoms with van der Waals surface area (Å²) in [5.74, 6) is -1.26. The minimum atomic E-state index is -4.42. The lowest BCUT2D eigenvalue weighted by Crippen LogP contribution is -2.57. The summed E-state index contributed by atoms with van der Waals surface area (Å²) in [7, 11) is 0. The summed E-state index contributed by atoms with van der Waals surface area (Å²) in [6.07, 6.45) is -4.39. The summed E-state index contributed by atoms with van der Waals surface area (Å²) in [5, 5.41) is 5.45. The van der Waals surface area contributed by atoms with Crippen molar-refractivity contribution in [3.8, 4) is 0 Å². The van der Waals surface area contributed by atoms with E-state index in [-0.39, 0.29) is 32.0 Å². The van der Waals surface area contributed by atoms with Gasteiger partial charge in [-0.05, 0) is 5.56 Å². The molecule has 1 aromatic rings. The normalized spacial score (nSPS) is 22.3. The maximum atomic E-state index is 13.4. The fourth-order valence-electron chi connectivity index (χ4n) is 3.69. The Morgan fingerprint density at radius 1 is 1.21 bits per heavy atom. The van der Waals surface area contributed by atoms with Gasteiger partial charge in [0.25, 0.3) is 0 Å². The van der Waals surface area contributed by atoms with Crippen LogP contribution in [0.2, 0.25) is 0 Å². The summed E-state index contributed by atoms with van der Waals surface area (Å²) < 4.78 is 40.3. The second kappa shape index (κ2) is 8.91. The van der Waals surface area contributed by atoms with Crippen LogP contribution in [0.5, 0.6) is 0 Å². The van der Waals surface area contributed by atoms with Gasteiger partial charge in [-0.3, -0.25) is 14.5 Å². The molecule has 2 fully saturated rings. The third kappa shape index (κ3) is 5.23. The van der Waals surface area contributed by atoms with E-state index in [0.29, 0.717) is 19.6 Å². The number of benzene rings is 1. The number of likely N-dealkylation sites (tertiary alicyclic amines) is 1. The molecule has 0 saturated carbocycles. The molecule has 154 valence electrons. The highest BCUT2D eigenvalue weighted by Gasteiger charge is 2.44. The number of carbonyl (C=O) groups is 2. The average molecular weight is 398 g/mol. The maximum Gasteiger partial charge on any atom is 0.405 e. The van der Waals surface area contributed by atoms with E-state index in [9.17, 15) is 22.8 Å². The Hall–Kier alpha value is -2.13. The fraction of sp³-hybridized carbons (Fsp3) is 0.579. The Bertz CT molecular complexity index is 678. The van der Waals surface area contributed by atoms with Gasteiger partial charge < -0.3 is 15.5 Å². The number of rotatable bonds is 6. The van der Waals surface area contributed by atoms with Crippen molar-refractivity contribution in [1.29, 1.82) is 0 Å². The first kappa shape index (κ1) is 20.6. The van der Waals surface area contributed by atoms with Gasteiger partial charge >= 0.3 is 6.18 Å². The van der Waals surface area contributed by atoms with E-state index in [1.54, 1.807) is 4.90 Å². The zero-order chi connectivity index (χ0) is 20.1. The van der Waals surface area contributed by atoms with Gasteiger partial charge in [-0.2, -0.15) is 13.2 Å². The molecule has 2 saturated heterocycles. The molecule has 2 N–H and O–H groups in total. The lowest BCUT2D eigenvalue weighted by Gasteiger charge is -2.36. The lowest BCUT2D eigenvalue weighted by atomic mass is 10.1. The van der Waals surface area contributed by atoms with Crippen molar-refractivity contribution in [3.05, 3.63) is 35.9 Å². The van der Waals surface area contributed by atoms with Crippen molar-refractivity contribution in [3.63, 3.8) is 0 Å². The van der Waals surface area contributed by atoms with Gasteiger partial charge in [-0.1, -0.05) is 30.3 Å². The molecule has 0 bridgehead atoms. The highest BCUT2D eigenvalue weighted by Crippen LogP contribution is 2.25. The molecule has 2 unspecified atom stereocenters. The van der Waals surface area contributed by atoms with Crippen LogP contribution in [0.25, 0.3) is 0 Å². The number of hydrogen-bond donors (Lipinski definition) is 2. The van der Waals surface area contributed by atoms with Gasteiger partial charge in [0.15, 0.2) is 0 Å². The number of alkyl halides is 3. The van der Waals surface area contributed by atoms with Crippen molar-refractivity contribution >= 4 is 11.8 Å². The van der Waals surface area contributed by atoms with Crippen molar-refractivity contribution in [1.82, 2.24) is 20.4 Å². The summed E-state index contributed by atoms with van der Waals surface area (Å²) in [5.41, 5.74) is 0.952. The van der Waals surface area contributed by atoms with E-state index in [0.717, 1.165) is 5.56 Å². The van der Waals surface area contributed by atoms with Crippen LogP contribution in [0, 0.1) is 5.92 Å². The molecule has 28 heavy (non-hydrogen) atoms. The number of hydrogen-bond acceptors (Lipinski definition) is 4. The van der Waals surface area contributed by atoms with Crippen LogP contribution >= 0.6 is 0 Å². The quantitative estimate of drug-likeness (QED) is 0.750. The number of carbonyl (C=O) groups excluding carboxylic acids is 2. The molecule has 2 aliphatic heterocycles. The molecule has 0 radical (unpaired) electrons. The zero-order valence-corrected chi connectivity index (χ0v) is 15.5. The van der Waals surface area contributed by atoms with E-state index in [2.05, 4.69) is 10.6 Å². The molecule has 2 heterocycles. The number of amides is 2. The molecule has 6 nitrogen and oxygen atoms in total. The van der Waals surface area contributed by atoms with E-state index < -0.39 is 30.6 Å². The summed E-state index contributed by atoms with van der Waals surface area (Å²) in [6, 6.07) is 7.68. The first-order valence-corrected chi connectivity index (χ1v) is 9.45. The second-order valence-corrected chi connectivity index (χ2v) is 7.25. The van der Waals surface area contributed by atoms with E-state index in [1.807, 2.05) is 30.3 Å². The first-order chi connectivity index (χ1) is 13.3. The van der Waals surface area contributed by atoms with Crippen molar-refractivity contribution in [2.45, 2.75) is 25.2 Å². The van der Waals surface area contributed by atoms with Crippen LogP contribution < -0.4 is 10.6 Å². The predicted octanol–water partition coefficient (Wildman–Crippen LogP) is 0.987. The van der Waals surface area contributed by atoms with E-state index in [4.69, 9.17) is 0 Å². The molecule has 0 aromatic heterocycles. The Balaban J connectivity index is 1.54. The first-order valence-electron chi connectivity index (χ1n) is 9.45. The fourth-order valence-corrected chi connectivity index (χ4v) is 3.69. The Morgan fingerprint density at radius 2 is 1.89 bits per heavy atom. The van der Waals surface area contributed by atoms with Gasteiger partial charge in [0, 0.05) is 52.2 Å². The average Bonchev–Trinajstić information content (AvgIpc) is 3.03. The number of nitrogens with zero attached hydrogens (tertiary/aromatic N) is 2. The van der Waals surface area contributed by atoms with Crippen LogP contribution in [0.4, 0.5) is 13.2 Å². The van der Waals surface area contributed by atoms with Gasteiger partial charge in [0.1, 0.15) is 6.04 Å². The number of nitrogens with one attached hydrogen (secondary N) is 2. The smallest absolute Gasteiger partial charge is 0.354 e. The maximum absolute atomic E-state index is 13.4. The van der Waals surface area contributed by atoms with Gasteiger partial charge in [-0.25, -0.2) is 0 Å². The summed E-state index contributed by atoms with van der Waals surface area (Å²) >= 11 is 0. The van der Waals surface area contributed by atoms with Crippen LogP contribution in [-0.2, 0) is 16.1 Å². The van der Waals surface area contributed by atoms with E-state index in [1.165, 1.54) is 4.90 Å². The largest absolute Gasteiger partial charge is 0.405 e. The van der Waals surface area contributed by atoms with Crippen molar-refractivity contribution < 1.29 is 22.8 Å². The molecule has 2 atom stereocenters. The third-order valence-corrected chi connectivity index (χ3v) is 5.24. The highest BCUT2D eigenvalue weighted by molar-refractivity contribution is 5.89. The van der Waals surface area contributed by atoms with Crippen LogP contribution in [0.3, 0.4) is 0 Å². The van der Waals surface area contributed by atoms with E-state index >= 15 is 0 Å². The van der Waals surface area contributed by atoms with Crippen molar-refractivity contribution in [2.24, 2.45) is 5.92 Å². The monoisotopic (exact) mass is 398 g/mol. The number of halogens is 3. The molecule has 1 aromatic carbocycles.